The molecule has 1 aromatic carbocycles. The van der Waals surface area contributed by atoms with Crippen LogP contribution in [0.1, 0.15) is 13.3 Å². The van der Waals surface area contributed by atoms with Crippen LogP contribution in [0.15, 0.2) is 24.3 Å². The summed E-state index contributed by atoms with van der Waals surface area (Å²) < 4.78 is 10.3. The lowest BCUT2D eigenvalue weighted by molar-refractivity contribution is -0.145. The molecule has 1 aliphatic heterocycles. The smallest absolute Gasteiger partial charge is 0.252 e. The molecule has 0 spiro atoms. The number of benzene rings is 1. The van der Waals surface area contributed by atoms with Crippen molar-refractivity contribution in [1.29, 1.82) is 0 Å². The number of carbonyl (C=O) groups excluding carboxylic acids is 2. The van der Waals surface area contributed by atoms with Crippen molar-refractivity contribution in [3.05, 3.63) is 24.3 Å². The second-order valence-corrected chi connectivity index (χ2v) is 5.14. The van der Waals surface area contributed by atoms with Gasteiger partial charge in [0.05, 0.1) is 7.11 Å². The number of rotatable bonds is 5. The van der Waals surface area contributed by atoms with Crippen LogP contribution < -0.4 is 9.64 Å². The minimum atomic E-state index is -0.476. The number of nitrogens with zero attached hydrogens (tertiary/aromatic N) is 2. The molecule has 0 saturated carbocycles. The highest BCUT2D eigenvalue weighted by Crippen LogP contribution is 2.23. The molecule has 1 aliphatic rings. The van der Waals surface area contributed by atoms with Gasteiger partial charge in [0, 0.05) is 32.0 Å². The van der Waals surface area contributed by atoms with Crippen molar-refractivity contribution in [2.75, 3.05) is 38.8 Å². The van der Waals surface area contributed by atoms with Crippen molar-refractivity contribution < 1.29 is 19.1 Å². The fraction of sp³-hybridized carbons (Fsp3) is 0.500. The van der Waals surface area contributed by atoms with Crippen molar-refractivity contribution in [1.82, 2.24) is 4.90 Å². The quantitative estimate of drug-likeness (QED) is 0.822. The van der Waals surface area contributed by atoms with Gasteiger partial charge in [0.15, 0.2) is 0 Å². The van der Waals surface area contributed by atoms with Crippen LogP contribution in [0.3, 0.4) is 0 Å². The molecule has 0 radical (unpaired) electrons. The number of anilines is 1. The first-order chi connectivity index (χ1) is 10.6. The molecule has 22 heavy (non-hydrogen) atoms. The van der Waals surface area contributed by atoms with Crippen molar-refractivity contribution in [3.8, 4) is 5.75 Å². The van der Waals surface area contributed by atoms with E-state index < -0.39 is 6.10 Å². The molecule has 6 nitrogen and oxygen atoms in total. The Kier molecular flexibility index (Phi) is 5.38. The molecule has 1 aromatic rings. The van der Waals surface area contributed by atoms with Crippen molar-refractivity contribution in [3.63, 3.8) is 0 Å². The standard InChI is InChI=1S/C16H22N2O4/c1-4-14(22-3)16(20)17-8-9-18(15(19)11-17)12-6-5-7-13(10-12)21-2/h5-7,10,14H,4,8-9,11H2,1-3H3/t14-/m1/s1. The molecule has 120 valence electrons. The minimum absolute atomic E-state index is 0.0793. The van der Waals surface area contributed by atoms with E-state index in [4.69, 9.17) is 9.47 Å². The average molecular weight is 306 g/mol. The molecule has 1 saturated heterocycles. The highest BCUT2D eigenvalue weighted by atomic mass is 16.5. The molecular weight excluding hydrogens is 284 g/mol. The van der Waals surface area contributed by atoms with Gasteiger partial charge in [-0.3, -0.25) is 9.59 Å². The third-order valence-corrected chi connectivity index (χ3v) is 3.83. The van der Waals surface area contributed by atoms with E-state index in [2.05, 4.69) is 0 Å². The molecule has 6 heteroatoms. The fourth-order valence-corrected chi connectivity index (χ4v) is 2.56. The van der Waals surface area contributed by atoms with Gasteiger partial charge in [-0.2, -0.15) is 0 Å². The van der Waals surface area contributed by atoms with E-state index >= 15 is 0 Å². The summed E-state index contributed by atoms with van der Waals surface area (Å²) in [6.07, 6.45) is 0.121. The molecule has 2 amide bonds. The molecular formula is C16H22N2O4. The number of amides is 2. The molecule has 1 atom stereocenters. The van der Waals surface area contributed by atoms with E-state index in [1.54, 1.807) is 16.9 Å². The number of methoxy groups -OCH3 is 2. The molecule has 0 aliphatic carbocycles. The lowest BCUT2D eigenvalue weighted by Crippen LogP contribution is -2.54. The summed E-state index contributed by atoms with van der Waals surface area (Å²) in [6, 6.07) is 7.36. The fourth-order valence-electron chi connectivity index (χ4n) is 2.56. The maximum absolute atomic E-state index is 12.4. The van der Waals surface area contributed by atoms with Crippen LogP contribution in [-0.2, 0) is 14.3 Å². The first kappa shape index (κ1) is 16.3. The Hall–Kier alpha value is -2.08. The molecule has 1 fully saturated rings. The van der Waals surface area contributed by atoms with Gasteiger partial charge in [0.25, 0.3) is 5.91 Å². The zero-order chi connectivity index (χ0) is 16.1. The third-order valence-electron chi connectivity index (χ3n) is 3.83. The number of hydrogen-bond donors (Lipinski definition) is 0. The van der Waals surface area contributed by atoms with Crippen LogP contribution in [0.25, 0.3) is 0 Å². The molecule has 1 heterocycles. The Morgan fingerprint density at radius 3 is 2.68 bits per heavy atom. The summed E-state index contributed by atoms with van der Waals surface area (Å²) >= 11 is 0. The second-order valence-electron chi connectivity index (χ2n) is 5.14. The zero-order valence-corrected chi connectivity index (χ0v) is 13.2. The van der Waals surface area contributed by atoms with Gasteiger partial charge in [-0.25, -0.2) is 0 Å². The third kappa shape index (κ3) is 3.39. The summed E-state index contributed by atoms with van der Waals surface area (Å²) in [5, 5.41) is 0. The Balaban J connectivity index is 2.06. The SMILES string of the molecule is CC[C@@H](OC)C(=O)N1CCN(c2cccc(OC)c2)C(=O)C1. The maximum Gasteiger partial charge on any atom is 0.252 e. The van der Waals surface area contributed by atoms with E-state index in [-0.39, 0.29) is 18.4 Å². The molecule has 2 rings (SSSR count). The summed E-state index contributed by atoms with van der Waals surface area (Å²) in [4.78, 5) is 27.9. The van der Waals surface area contributed by atoms with Crippen LogP contribution in [0.2, 0.25) is 0 Å². The summed E-state index contributed by atoms with van der Waals surface area (Å²) in [7, 11) is 3.10. The summed E-state index contributed by atoms with van der Waals surface area (Å²) in [5.74, 6) is 0.483. The van der Waals surface area contributed by atoms with Gasteiger partial charge in [-0.15, -0.1) is 0 Å². The van der Waals surface area contributed by atoms with Crippen molar-refractivity contribution in [2.24, 2.45) is 0 Å². The predicted molar refractivity (Wildman–Crippen MR) is 83.0 cm³/mol. The van der Waals surface area contributed by atoms with E-state index in [0.29, 0.717) is 25.3 Å². The van der Waals surface area contributed by atoms with E-state index in [1.807, 2.05) is 31.2 Å². The normalized spacial score (nSPS) is 16.6. The number of ether oxygens (including phenoxy) is 2. The van der Waals surface area contributed by atoms with Crippen LogP contribution >= 0.6 is 0 Å². The number of hydrogen-bond acceptors (Lipinski definition) is 4. The monoisotopic (exact) mass is 306 g/mol. The van der Waals surface area contributed by atoms with Crippen LogP contribution in [0, 0.1) is 0 Å². The number of piperazine rings is 1. The highest BCUT2D eigenvalue weighted by molar-refractivity contribution is 5.98. The summed E-state index contributed by atoms with van der Waals surface area (Å²) in [5.41, 5.74) is 0.787. The van der Waals surface area contributed by atoms with Gasteiger partial charge in [0.1, 0.15) is 18.4 Å². The first-order valence-electron chi connectivity index (χ1n) is 7.36. The lowest BCUT2D eigenvalue weighted by Gasteiger charge is -2.35. The van der Waals surface area contributed by atoms with Gasteiger partial charge < -0.3 is 19.3 Å². The highest BCUT2D eigenvalue weighted by Gasteiger charge is 2.31. The van der Waals surface area contributed by atoms with Gasteiger partial charge in [-0.05, 0) is 18.6 Å². The predicted octanol–water partition coefficient (Wildman–Crippen LogP) is 1.30. The van der Waals surface area contributed by atoms with E-state index in [9.17, 15) is 9.59 Å². The maximum atomic E-state index is 12.4. The van der Waals surface area contributed by atoms with Crippen molar-refractivity contribution in [2.45, 2.75) is 19.4 Å². The van der Waals surface area contributed by atoms with E-state index in [1.165, 1.54) is 7.11 Å². The van der Waals surface area contributed by atoms with Crippen LogP contribution in [0.4, 0.5) is 5.69 Å². The Morgan fingerprint density at radius 2 is 2.09 bits per heavy atom. The largest absolute Gasteiger partial charge is 0.497 e. The number of carbonyl (C=O) groups is 2. The van der Waals surface area contributed by atoms with E-state index in [0.717, 1.165) is 5.69 Å². The molecule has 0 aromatic heterocycles. The van der Waals surface area contributed by atoms with Gasteiger partial charge in [0.2, 0.25) is 5.91 Å². The zero-order valence-electron chi connectivity index (χ0n) is 13.2. The van der Waals surface area contributed by atoms with Gasteiger partial charge >= 0.3 is 0 Å². The Labute approximate surface area is 130 Å². The first-order valence-corrected chi connectivity index (χ1v) is 7.36. The molecule has 0 N–H and O–H groups in total. The van der Waals surface area contributed by atoms with Crippen LogP contribution in [0.5, 0.6) is 5.75 Å². The second kappa shape index (κ2) is 7.26. The van der Waals surface area contributed by atoms with Crippen molar-refractivity contribution >= 4 is 17.5 Å². The van der Waals surface area contributed by atoms with Gasteiger partial charge in [-0.1, -0.05) is 13.0 Å². The average Bonchev–Trinajstić information content (AvgIpc) is 2.55. The minimum Gasteiger partial charge on any atom is -0.497 e. The molecule has 0 unspecified atom stereocenters. The summed E-state index contributed by atoms with van der Waals surface area (Å²) in [6.45, 7) is 2.94. The molecule has 0 bridgehead atoms. The lowest BCUT2D eigenvalue weighted by atomic mass is 10.2. The Morgan fingerprint density at radius 1 is 1.32 bits per heavy atom. The van der Waals surface area contributed by atoms with Crippen LogP contribution in [-0.4, -0.2) is 56.7 Å². The Bertz CT molecular complexity index is 543. The topological polar surface area (TPSA) is 59.1 Å².